The van der Waals surface area contributed by atoms with Gasteiger partial charge in [-0.15, -0.1) is 11.3 Å². The summed E-state index contributed by atoms with van der Waals surface area (Å²) in [5.41, 5.74) is -1.69. The number of anilines is 1. The Hall–Kier alpha value is -3.45. The molecule has 10 heteroatoms. The highest BCUT2D eigenvalue weighted by atomic mass is 32.1. The van der Waals surface area contributed by atoms with E-state index in [0.29, 0.717) is 18.7 Å². The molecule has 0 aliphatic carbocycles. The number of hydrogen-bond acceptors (Lipinski definition) is 6. The average molecular weight is 443 g/mol. The van der Waals surface area contributed by atoms with Gasteiger partial charge in [-0.2, -0.15) is 18.4 Å². The van der Waals surface area contributed by atoms with Gasteiger partial charge in [0, 0.05) is 43.3 Å². The summed E-state index contributed by atoms with van der Waals surface area (Å²) in [7, 11) is 0. The zero-order chi connectivity index (χ0) is 22.0. The summed E-state index contributed by atoms with van der Waals surface area (Å²) in [6.45, 7) is 1.42. The molecule has 1 saturated heterocycles. The van der Waals surface area contributed by atoms with E-state index < -0.39 is 23.3 Å². The standard InChI is InChI=1S/C21H16F3N5OS/c22-21(23,24)18-16(12-15(13-25)17(27-18)14-4-2-1-3-5-14)19(30)28-7-9-29(10-8-28)20-26-6-11-31-20/h1-6,11-12H,7-10H2. The molecule has 0 spiro atoms. The number of nitriles is 1. The van der Waals surface area contributed by atoms with E-state index in [9.17, 15) is 23.2 Å². The Balaban J connectivity index is 1.67. The molecule has 3 heterocycles. The second kappa shape index (κ2) is 8.35. The van der Waals surface area contributed by atoms with Crippen molar-refractivity contribution in [3.05, 3.63) is 64.8 Å². The second-order valence-corrected chi connectivity index (χ2v) is 7.72. The van der Waals surface area contributed by atoms with E-state index in [2.05, 4.69) is 9.97 Å². The quantitative estimate of drug-likeness (QED) is 0.611. The number of carbonyl (C=O) groups excluding carboxylic acids is 1. The number of aromatic nitrogens is 2. The summed E-state index contributed by atoms with van der Waals surface area (Å²) >= 11 is 1.46. The number of nitrogens with zero attached hydrogens (tertiary/aromatic N) is 5. The smallest absolute Gasteiger partial charge is 0.345 e. The average Bonchev–Trinajstić information content (AvgIpc) is 3.33. The minimum Gasteiger partial charge on any atom is -0.345 e. The Morgan fingerprint density at radius 3 is 2.42 bits per heavy atom. The molecule has 1 aromatic carbocycles. The van der Waals surface area contributed by atoms with Gasteiger partial charge in [0.15, 0.2) is 10.8 Å². The molecule has 2 aromatic heterocycles. The fourth-order valence-corrected chi connectivity index (χ4v) is 4.13. The second-order valence-electron chi connectivity index (χ2n) is 6.85. The molecule has 0 unspecified atom stereocenters. The summed E-state index contributed by atoms with van der Waals surface area (Å²) in [6.07, 6.45) is -3.16. The van der Waals surface area contributed by atoms with Crippen molar-refractivity contribution < 1.29 is 18.0 Å². The fourth-order valence-electron chi connectivity index (χ4n) is 3.44. The lowest BCUT2D eigenvalue weighted by Crippen LogP contribution is -2.49. The highest BCUT2D eigenvalue weighted by Crippen LogP contribution is 2.35. The third-order valence-corrected chi connectivity index (χ3v) is 5.78. The number of amides is 1. The van der Waals surface area contributed by atoms with Crippen LogP contribution in [0.5, 0.6) is 0 Å². The molecule has 1 amide bonds. The van der Waals surface area contributed by atoms with Crippen LogP contribution in [-0.4, -0.2) is 47.0 Å². The van der Waals surface area contributed by atoms with E-state index >= 15 is 0 Å². The van der Waals surface area contributed by atoms with E-state index in [0.717, 1.165) is 11.2 Å². The third-order valence-electron chi connectivity index (χ3n) is 4.95. The monoisotopic (exact) mass is 443 g/mol. The predicted molar refractivity (Wildman–Crippen MR) is 110 cm³/mol. The first-order valence-electron chi connectivity index (χ1n) is 9.40. The number of carbonyl (C=O) groups is 1. The highest BCUT2D eigenvalue weighted by molar-refractivity contribution is 7.13. The molecule has 31 heavy (non-hydrogen) atoms. The van der Waals surface area contributed by atoms with Gasteiger partial charge in [-0.3, -0.25) is 4.79 Å². The zero-order valence-electron chi connectivity index (χ0n) is 16.1. The maximum Gasteiger partial charge on any atom is 0.434 e. The first kappa shape index (κ1) is 20.8. The van der Waals surface area contributed by atoms with Crippen LogP contribution in [0.4, 0.5) is 18.3 Å². The van der Waals surface area contributed by atoms with Crippen LogP contribution < -0.4 is 4.90 Å². The highest BCUT2D eigenvalue weighted by Gasteiger charge is 2.40. The van der Waals surface area contributed by atoms with Crippen LogP contribution in [0.2, 0.25) is 0 Å². The number of hydrogen-bond donors (Lipinski definition) is 0. The minimum atomic E-state index is -4.84. The minimum absolute atomic E-state index is 0.0797. The van der Waals surface area contributed by atoms with Crippen molar-refractivity contribution in [2.75, 3.05) is 31.1 Å². The van der Waals surface area contributed by atoms with Crippen LogP contribution in [0.1, 0.15) is 21.6 Å². The van der Waals surface area contributed by atoms with Gasteiger partial charge in [-0.25, -0.2) is 9.97 Å². The van der Waals surface area contributed by atoms with E-state index in [1.54, 1.807) is 36.5 Å². The molecule has 0 radical (unpaired) electrons. The van der Waals surface area contributed by atoms with Crippen molar-refractivity contribution in [3.63, 3.8) is 0 Å². The molecule has 0 atom stereocenters. The first-order valence-corrected chi connectivity index (χ1v) is 10.3. The van der Waals surface area contributed by atoms with Gasteiger partial charge < -0.3 is 9.80 Å². The maximum absolute atomic E-state index is 13.8. The SMILES string of the molecule is N#Cc1cc(C(=O)N2CCN(c3nccs3)CC2)c(C(F)(F)F)nc1-c1ccccc1. The predicted octanol–water partition coefficient (Wildman–Crippen LogP) is 4.06. The Morgan fingerprint density at radius 1 is 1.13 bits per heavy atom. The molecule has 1 fully saturated rings. The lowest BCUT2D eigenvalue weighted by atomic mass is 10.0. The number of alkyl halides is 3. The molecular formula is C21H16F3N5OS. The van der Waals surface area contributed by atoms with Crippen molar-refractivity contribution >= 4 is 22.4 Å². The van der Waals surface area contributed by atoms with Crippen molar-refractivity contribution in [3.8, 4) is 17.3 Å². The third kappa shape index (κ3) is 4.22. The lowest BCUT2D eigenvalue weighted by molar-refractivity contribution is -0.141. The maximum atomic E-state index is 13.8. The largest absolute Gasteiger partial charge is 0.434 e. The van der Waals surface area contributed by atoms with Crippen molar-refractivity contribution in [2.24, 2.45) is 0 Å². The van der Waals surface area contributed by atoms with E-state index in [1.807, 2.05) is 16.3 Å². The van der Waals surface area contributed by atoms with Gasteiger partial charge in [0.1, 0.15) is 6.07 Å². The molecule has 1 aliphatic heterocycles. The number of thiazole rings is 1. The van der Waals surface area contributed by atoms with E-state index in [4.69, 9.17) is 0 Å². The summed E-state index contributed by atoms with van der Waals surface area (Å²) in [6, 6.07) is 11.0. The number of benzene rings is 1. The van der Waals surface area contributed by atoms with Gasteiger partial charge in [-0.1, -0.05) is 30.3 Å². The van der Waals surface area contributed by atoms with Crippen LogP contribution in [-0.2, 0) is 6.18 Å². The summed E-state index contributed by atoms with van der Waals surface area (Å²) in [5.74, 6) is -0.783. The first-order chi connectivity index (χ1) is 14.9. The molecule has 1 aliphatic rings. The fraction of sp³-hybridized carbons (Fsp3) is 0.238. The molecule has 158 valence electrons. The van der Waals surface area contributed by atoms with Crippen LogP contribution in [0.25, 0.3) is 11.3 Å². The van der Waals surface area contributed by atoms with Crippen molar-refractivity contribution in [1.29, 1.82) is 5.26 Å². The van der Waals surface area contributed by atoms with Gasteiger partial charge >= 0.3 is 6.18 Å². The van der Waals surface area contributed by atoms with Crippen LogP contribution >= 0.6 is 11.3 Å². The van der Waals surface area contributed by atoms with Crippen molar-refractivity contribution in [2.45, 2.75) is 6.18 Å². The Morgan fingerprint density at radius 2 is 1.84 bits per heavy atom. The van der Waals surface area contributed by atoms with Gasteiger partial charge in [0.2, 0.25) is 0 Å². The van der Waals surface area contributed by atoms with Crippen LogP contribution in [0.3, 0.4) is 0 Å². The number of rotatable bonds is 3. The van der Waals surface area contributed by atoms with Gasteiger partial charge in [0.25, 0.3) is 5.91 Å². The van der Waals surface area contributed by atoms with E-state index in [1.165, 1.54) is 16.2 Å². The molecule has 0 N–H and O–H groups in total. The Labute approximate surface area is 180 Å². The van der Waals surface area contributed by atoms with Gasteiger partial charge in [-0.05, 0) is 6.07 Å². The van der Waals surface area contributed by atoms with Crippen molar-refractivity contribution in [1.82, 2.24) is 14.9 Å². The molecular weight excluding hydrogens is 427 g/mol. The van der Waals surface area contributed by atoms with E-state index in [-0.39, 0.29) is 24.3 Å². The van der Waals surface area contributed by atoms with Crippen LogP contribution in [0, 0.1) is 11.3 Å². The van der Waals surface area contributed by atoms with Crippen LogP contribution in [0.15, 0.2) is 48.0 Å². The normalized spacial score (nSPS) is 14.4. The zero-order valence-corrected chi connectivity index (χ0v) is 17.0. The number of halogens is 3. The Kier molecular flexibility index (Phi) is 5.61. The summed E-state index contributed by atoms with van der Waals surface area (Å²) < 4.78 is 41.5. The molecule has 0 saturated carbocycles. The number of piperazine rings is 1. The molecule has 0 bridgehead atoms. The molecule has 4 rings (SSSR count). The molecule has 3 aromatic rings. The summed E-state index contributed by atoms with van der Waals surface area (Å²) in [5, 5.41) is 12.2. The topological polar surface area (TPSA) is 73.1 Å². The van der Waals surface area contributed by atoms with Gasteiger partial charge in [0.05, 0.1) is 16.8 Å². The lowest BCUT2D eigenvalue weighted by Gasteiger charge is -2.35. The number of pyridine rings is 1. The molecule has 6 nitrogen and oxygen atoms in total. The summed E-state index contributed by atoms with van der Waals surface area (Å²) in [4.78, 5) is 24.3. The Bertz CT molecular complexity index is 1120.